The van der Waals surface area contributed by atoms with Crippen LogP contribution in [0.4, 0.5) is 0 Å². The molecule has 0 amide bonds. The van der Waals surface area contributed by atoms with Gasteiger partial charge in [0.2, 0.25) is 0 Å². The maximum Gasteiger partial charge on any atom is 0.0406 e. The summed E-state index contributed by atoms with van der Waals surface area (Å²) in [7, 11) is 0. The molecule has 1 nitrogen and oxygen atoms in total. The van der Waals surface area contributed by atoms with Gasteiger partial charge < -0.3 is 0 Å². The van der Waals surface area contributed by atoms with Gasteiger partial charge in [-0.05, 0) is 43.0 Å². The lowest BCUT2D eigenvalue weighted by molar-refractivity contribution is 0.906. The van der Waals surface area contributed by atoms with E-state index >= 15 is 0 Å². The van der Waals surface area contributed by atoms with Crippen molar-refractivity contribution in [3.8, 4) is 0 Å². The molecule has 1 heterocycles. The third-order valence-corrected chi connectivity index (χ3v) is 2.64. The normalized spacial score (nSPS) is 10.2. The molecule has 0 aliphatic carbocycles. The van der Waals surface area contributed by atoms with Gasteiger partial charge in [-0.15, -0.1) is 0 Å². The first-order chi connectivity index (χ1) is 7.36. The van der Waals surface area contributed by atoms with Gasteiger partial charge in [-0.1, -0.05) is 30.3 Å². The molecule has 0 fully saturated rings. The molecule has 76 valence electrons. The minimum absolute atomic E-state index is 1.02. The van der Waals surface area contributed by atoms with Crippen LogP contribution in [0, 0.1) is 6.92 Å². The summed E-state index contributed by atoms with van der Waals surface area (Å²) < 4.78 is 0. The molecule has 1 aromatic heterocycles. The predicted octanol–water partition coefficient (Wildman–Crippen LogP) is 3.18. The Hall–Kier alpha value is -1.63. The van der Waals surface area contributed by atoms with Crippen LogP contribution in [-0.2, 0) is 12.8 Å². The van der Waals surface area contributed by atoms with Crippen LogP contribution in [-0.4, -0.2) is 4.98 Å². The molecule has 0 saturated carbocycles. The lowest BCUT2D eigenvalue weighted by Gasteiger charge is -2.04. The highest BCUT2D eigenvalue weighted by Crippen LogP contribution is 2.10. The Kier molecular flexibility index (Phi) is 3.13. The average molecular weight is 197 g/mol. The number of hydrogen-bond acceptors (Lipinski definition) is 1. The second-order valence-corrected chi connectivity index (χ2v) is 3.75. The van der Waals surface area contributed by atoms with E-state index in [1.54, 1.807) is 0 Å². The Balaban J connectivity index is 2.03. The van der Waals surface area contributed by atoms with Crippen LogP contribution in [0.25, 0.3) is 0 Å². The Morgan fingerprint density at radius 3 is 2.47 bits per heavy atom. The van der Waals surface area contributed by atoms with Crippen LogP contribution in [0.5, 0.6) is 0 Å². The van der Waals surface area contributed by atoms with Crippen molar-refractivity contribution in [2.24, 2.45) is 0 Å². The van der Waals surface area contributed by atoms with Crippen molar-refractivity contribution in [2.75, 3.05) is 0 Å². The molecule has 1 aromatic carbocycles. The number of pyridine rings is 1. The number of nitrogens with zero attached hydrogens (tertiary/aromatic N) is 1. The van der Waals surface area contributed by atoms with Crippen LogP contribution in [0.3, 0.4) is 0 Å². The van der Waals surface area contributed by atoms with Gasteiger partial charge in [-0.25, -0.2) is 0 Å². The maximum atomic E-state index is 4.32. The van der Waals surface area contributed by atoms with Gasteiger partial charge in [-0.2, -0.15) is 0 Å². The van der Waals surface area contributed by atoms with E-state index in [0.717, 1.165) is 12.8 Å². The molecule has 0 spiro atoms. The lowest BCUT2D eigenvalue weighted by Crippen LogP contribution is -1.95. The van der Waals surface area contributed by atoms with Crippen molar-refractivity contribution >= 4 is 0 Å². The second-order valence-electron chi connectivity index (χ2n) is 3.75. The van der Waals surface area contributed by atoms with Crippen LogP contribution < -0.4 is 0 Å². The van der Waals surface area contributed by atoms with Gasteiger partial charge in [0.1, 0.15) is 0 Å². The molecule has 0 radical (unpaired) electrons. The smallest absolute Gasteiger partial charge is 0.0406 e. The van der Waals surface area contributed by atoms with E-state index in [-0.39, 0.29) is 0 Å². The number of benzene rings is 1. The second kappa shape index (κ2) is 4.74. The fourth-order valence-electron chi connectivity index (χ4n) is 1.70. The summed E-state index contributed by atoms with van der Waals surface area (Å²) in [5.74, 6) is 0. The van der Waals surface area contributed by atoms with Gasteiger partial charge >= 0.3 is 0 Å². The SMILES string of the molecule is Cc1ccccc1CCc1ccccn1. The zero-order valence-electron chi connectivity index (χ0n) is 8.98. The van der Waals surface area contributed by atoms with E-state index in [1.165, 1.54) is 16.8 Å². The van der Waals surface area contributed by atoms with Crippen molar-refractivity contribution in [2.45, 2.75) is 19.8 Å². The average Bonchev–Trinajstić information content (AvgIpc) is 2.29. The first-order valence-electron chi connectivity index (χ1n) is 5.30. The molecule has 0 saturated heterocycles. The van der Waals surface area contributed by atoms with Crippen LogP contribution in [0.15, 0.2) is 48.7 Å². The summed E-state index contributed by atoms with van der Waals surface area (Å²) >= 11 is 0. The highest BCUT2D eigenvalue weighted by molar-refractivity contribution is 5.26. The molecule has 0 bridgehead atoms. The topological polar surface area (TPSA) is 12.9 Å². The quantitative estimate of drug-likeness (QED) is 0.736. The molecule has 1 heteroatoms. The molecule has 15 heavy (non-hydrogen) atoms. The summed E-state index contributed by atoms with van der Waals surface area (Å²) in [5.41, 5.74) is 3.96. The maximum absolute atomic E-state index is 4.32. The van der Waals surface area contributed by atoms with Crippen LogP contribution in [0.2, 0.25) is 0 Å². The van der Waals surface area contributed by atoms with Gasteiger partial charge in [0.25, 0.3) is 0 Å². The molecule has 0 N–H and O–H groups in total. The van der Waals surface area contributed by atoms with E-state index < -0.39 is 0 Å². The molecule has 2 rings (SSSR count). The van der Waals surface area contributed by atoms with E-state index in [1.807, 2.05) is 18.3 Å². The first kappa shape index (κ1) is 9.91. The minimum atomic E-state index is 1.02. The Morgan fingerprint density at radius 1 is 0.933 bits per heavy atom. The summed E-state index contributed by atoms with van der Waals surface area (Å²) in [5, 5.41) is 0. The largest absolute Gasteiger partial charge is 0.261 e. The summed E-state index contributed by atoms with van der Waals surface area (Å²) in [6.07, 6.45) is 3.95. The van der Waals surface area contributed by atoms with Crippen molar-refractivity contribution in [3.05, 3.63) is 65.5 Å². The number of rotatable bonds is 3. The fraction of sp³-hybridized carbons (Fsp3) is 0.214. The highest BCUT2D eigenvalue weighted by Gasteiger charge is 1.98. The van der Waals surface area contributed by atoms with Gasteiger partial charge in [0.05, 0.1) is 0 Å². The zero-order chi connectivity index (χ0) is 10.5. The summed E-state index contributed by atoms with van der Waals surface area (Å²) in [4.78, 5) is 4.32. The Bertz CT molecular complexity index is 420. The number of aryl methyl sites for hydroxylation is 3. The fourth-order valence-corrected chi connectivity index (χ4v) is 1.70. The van der Waals surface area contributed by atoms with E-state index in [9.17, 15) is 0 Å². The number of aromatic nitrogens is 1. The minimum Gasteiger partial charge on any atom is -0.261 e. The van der Waals surface area contributed by atoms with E-state index in [4.69, 9.17) is 0 Å². The predicted molar refractivity (Wildman–Crippen MR) is 62.8 cm³/mol. The van der Waals surface area contributed by atoms with E-state index in [0.29, 0.717) is 0 Å². The molecule has 0 unspecified atom stereocenters. The highest BCUT2D eigenvalue weighted by atomic mass is 14.7. The van der Waals surface area contributed by atoms with Crippen molar-refractivity contribution in [3.63, 3.8) is 0 Å². The molecular weight excluding hydrogens is 182 g/mol. The van der Waals surface area contributed by atoms with Crippen LogP contribution >= 0.6 is 0 Å². The van der Waals surface area contributed by atoms with Crippen molar-refractivity contribution in [1.29, 1.82) is 0 Å². The molecule has 0 aliphatic rings. The van der Waals surface area contributed by atoms with Crippen molar-refractivity contribution < 1.29 is 0 Å². The first-order valence-corrected chi connectivity index (χ1v) is 5.30. The standard InChI is InChI=1S/C14H15N/c1-12-6-2-3-7-13(12)9-10-14-8-4-5-11-15-14/h2-8,11H,9-10H2,1H3. The van der Waals surface area contributed by atoms with Crippen LogP contribution in [0.1, 0.15) is 16.8 Å². The molecule has 0 aliphatic heterocycles. The molecular formula is C14H15N. The molecule has 2 aromatic rings. The van der Waals surface area contributed by atoms with Crippen molar-refractivity contribution in [1.82, 2.24) is 4.98 Å². The Morgan fingerprint density at radius 2 is 1.73 bits per heavy atom. The Labute approximate surface area is 90.8 Å². The lowest BCUT2D eigenvalue weighted by atomic mass is 10.0. The summed E-state index contributed by atoms with van der Waals surface area (Å²) in [6, 6.07) is 14.6. The van der Waals surface area contributed by atoms with Gasteiger partial charge in [0.15, 0.2) is 0 Å². The summed E-state index contributed by atoms with van der Waals surface area (Å²) in [6.45, 7) is 2.16. The third kappa shape index (κ3) is 2.66. The zero-order valence-corrected chi connectivity index (χ0v) is 8.98. The monoisotopic (exact) mass is 197 g/mol. The number of hydrogen-bond donors (Lipinski definition) is 0. The van der Waals surface area contributed by atoms with Gasteiger partial charge in [0, 0.05) is 11.9 Å². The third-order valence-electron chi connectivity index (χ3n) is 2.64. The van der Waals surface area contributed by atoms with E-state index in [2.05, 4.69) is 42.2 Å². The van der Waals surface area contributed by atoms with Gasteiger partial charge in [-0.3, -0.25) is 4.98 Å². The molecule has 0 atom stereocenters.